The number of hydrogen-bond donors (Lipinski definition) is 0. The molecule has 0 bridgehead atoms. The molecule has 1 nitrogen and oxygen atoms in total. The Morgan fingerprint density at radius 3 is 2.19 bits per heavy atom. The van der Waals surface area contributed by atoms with Gasteiger partial charge in [-0.1, -0.05) is 118 Å². The van der Waals surface area contributed by atoms with Crippen LogP contribution in [0.3, 0.4) is 0 Å². The van der Waals surface area contributed by atoms with E-state index in [4.69, 9.17) is 4.74 Å². The molecule has 0 aromatic heterocycles. The molecule has 3 aromatic carbocycles. The van der Waals surface area contributed by atoms with Gasteiger partial charge >= 0.3 is 0 Å². The van der Waals surface area contributed by atoms with Crippen molar-refractivity contribution in [3.8, 4) is 5.75 Å². The van der Waals surface area contributed by atoms with Gasteiger partial charge in [0.2, 0.25) is 0 Å². The van der Waals surface area contributed by atoms with Crippen molar-refractivity contribution in [1.82, 2.24) is 0 Å². The summed E-state index contributed by atoms with van der Waals surface area (Å²) >= 11 is 0. The van der Waals surface area contributed by atoms with Gasteiger partial charge in [-0.25, -0.2) is 0 Å². The van der Waals surface area contributed by atoms with Gasteiger partial charge < -0.3 is 4.74 Å². The fraction of sp³-hybridized carbons (Fsp3) is 0.500. The molecular formula is C36H48O. The summed E-state index contributed by atoms with van der Waals surface area (Å²) in [4.78, 5) is 0. The lowest BCUT2D eigenvalue weighted by Gasteiger charge is -2.40. The molecule has 1 fully saturated rings. The molecule has 0 saturated heterocycles. The van der Waals surface area contributed by atoms with Gasteiger partial charge in [0.25, 0.3) is 0 Å². The highest BCUT2D eigenvalue weighted by molar-refractivity contribution is 5.39. The molecule has 3 unspecified atom stereocenters. The summed E-state index contributed by atoms with van der Waals surface area (Å²) in [5.41, 5.74) is 5.87. The van der Waals surface area contributed by atoms with Crippen molar-refractivity contribution in [2.24, 2.45) is 11.3 Å². The number of hydrogen-bond acceptors (Lipinski definition) is 1. The Morgan fingerprint density at radius 2 is 1.46 bits per heavy atom. The van der Waals surface area contributed by atoms with Crippen LogP contribution in [0.2, 0.25) is 0 Å². The Labute approximate surface area is 226 Å². The summed E-state index contributed by atoms with van der Waals surface area (Å²) in [5.74, 6) is 2.44. The zero-order valence-corrected chi connectivity index (χ0v) is 23.6. The zero-order valence-electron chi connectivity index (χ0n) is 23.6. The van der Waals surface area contributed by atoms with Crippen molar-refractivity contribution < 1.29 is 4.74 Å². The van der Waals surface area contributed by atoms with Crippen molar-refractivity contribution in [2.45, 2.75) is 97.3 Å². The maximum Gasteiger partial charge on any atom is 0.125 e. The third-order valence-electron chi connectivity index (χ3n) is 8.98. The standard InChI is InChI=1S/C36H48O/c1-29-16-14-17-30(2)35(29)37-27-25-33(32-20-10-7-11-21-32)22-15-24-34-23-12-4-5-13-26-36(34,3)28-31-18-8-6-9-19-31/h6-11,14,16-21,33-34H,4-5,12-13,15,22-28H2,1-3H3. The normalized spacial score (nSPS) is 21.1. The van der Waals surface area contributed by atoms with Gasteiger partial charge in [-0.2, -0.15) is 0 Å². The Balaban J connectivity index is 1.40. The number of aryl methyl sites for hydroxylation is 2. The third kappa shape index (κ3) is 7.97. The second kappa shape index (κ2) is 13.8. The van der Waals surface area contributed by atoms with E-state index in [0.29, 0.717) is 11.3 Å². The van der Waals surface area contributed by atoms with E-state index in [0.717, 1.165) is 24.7 Å². The maximum absolute atomic E-state index is 6.35. The Morgan fingerprint density at radius 1 is 0.784 bits per heavy atom. The molecule has 0 aliphatic heterocycles. The largest absolute Gasteiger partial charge is 0.493 e. The predicted octanol–water partition coefficient (Wildman–Crippen LogP) is 10.2. The molecule has 198 valence electrons. The Bertz CT molecular complexity index is 1040. The average Bonchev–Trinajstić information content (AvgIpc) is 2.90. The third-order valence-corrected chi connectivity index (χ3v) is 8.98. The first-order valence-corrected chi connectivity index (χ1v) is 14.8. The lowest BCUT2D eigenvalue weighted by atomic mass is 9.65. The van der Waals surface area contributed by atoms with E-state index in [-0.39, 0.29) is 0 Å². The van der Waals surface area contributed by atoms with Crippen molar-refractivity contribution in [2.75, 3.05) is 6.61 Å². The lowest BCUT2D eigenvalue weighted by molar-refractivity contribution is 0.124. The quantitative estimate of drug-likeness (QED) is 0.256. The van der Waals surface area contributed by atoms with Crippen molar-refractivity contribution >= 4 is 0 Å². The Hall–Kier alpha value is -2.54. The molecule has 0 heterocycles. The summed E-state index contributed by atoms with van der Waals surface area (Å²) in [7, 11) is 0. The monoisotopic (exact) mass is 496 g/mol. The first-order valence-electron chi connectivity index (χ1n) is 14.8. The average molecular weight is 497 g/mol. The van der Waals surface area contributed by atoms with E-state index in [1.165, 1.54) is 86.5 Å². The number of rotatable bonds is 11. The molecule has 0 N–H and O–H groups in total. The number of para-hydroxylation sites is 1. The molecule has 3 atom stereocenters. The Kier molecular flexibility index (Phi) is 10.3. The molecule has 1 saturated carbocycles. The van der Waals surface area contributed by atoms with Gasteiger partial charge in [-0.3, -0.25) is 0 Å². The topological polar surface area (TPSA) is 9.23 Å². The van der Waals surface area contributed by atoms with E-state index in [2.05, 4.69) is 99.6 Å². The summed E-state index contributed by atoms with van der Waals surface area (Å²) in [6.07, 6.45) is 14.6. The van der Waals surface area contributed by atoms with Gasteiger partial charge in [0, 0.05) is 0 Å². The second-order valence-electron chi connectivity index (χ2n) is 11.9. The van der Waals surface area contributed by atoms with Gasteiger partial charge in [0.1, 0.15) is 5.75 Å². The molecule has 1 heteroatoms. The minimum absolute atomic E-state index is 0.412. The highest BCUT2D eigenvalue weighted by Crippen LogP contribution is 2.44. The molecular weight excluding hydrogens is 448 g/mol. The molecule has 1 aliphatic carbocycles. The first-order chi connectivity index (χ1) is 18.0. The van der Waals surface area contributed by atoms with Crippen molar-refractivity contribution in [3.63, 3.8) is 0 Å². The van der Waals surface area contributed by atoms with Crippen LogP contribution in [0.1, 0.15) is 99.3 Å². The molecule has 4 rings (SSSR count). The van der Waals surface area contributed by atoms with Crippen LogP contribution >= 0.6 is 0 Å². The van der Waals surface area contributed by atoms with E-state index in [9.17, 15) is 0 Å². The maximum atomic E-state index is 6.35. The van der Waals surface area contributed by atoms with E-state index < -0.39 is 0 Å². The smallest absolute Gasteiger partial charge is 0.125 e. The molecule has 0 spiro atoms. The summed E-state index contributed by atoms with van der Waals surface area (Å²) < 4.78 is 6.35. The molecule has 37 heavy (non-hydrogen) atoms. The fourth-order valence-electron chi connectivity index (χ4n) is 6.76. The number of benzene rings is 3. The minimum atomic E-state index is 0.412. The highest BCUT2D eigenvalue weighted by Gasteiger charge is 2.34. The van der Waals surface area contributed by atoms with Gasteiger partial charge in [-0.15, -0.1) is 0 Å². The SMILES string of the molecule is Cc1cccc(C)c1OCCC(CCCC1CCCCCCC1(C)Cc1ccccc1)c1ccccc1. The summed E-state index contributed by atoms with van der Waals surface area (Å²) in [6.45, 7) is 7.68. The van der Waals surface area contributed by atoms with Gasteiger partial charge in [0.15, 0.2) is 0 Å². The van der Waals surface area contributed by atoms with Crippen molar-refractivity contribution in [1.29, 1.82) is 0 Å². The van der Waals surface area contributed by atoms with Crippen LogP contribution in [-0.4, -0.2) is 6.61 Å². The molecule has 3 aromatic rings. The van der Waals surface area contributed by atoms with E-state index in [1.54, 1.807) is 0 Å². The minimum Gasteiger partial charge on any atom is -0.493 e. The van der Waals surface area contributed by atoms with Crippen molar-refractivity contribution in [3.05, 3.63) is 101 Å². The van der Waals surface area contributed by atoms with Gasteiger partial charge in [0.05, 0.1) is 6.61 Å². The van der Waals surface area contributed by atoms with Crippen LogP contribution in [0.25, 0.3) is 0 Å². The fourth-order valence-corrected chi connectivity index (χ4v) is 6.76. The second-order valence-corrected chi connectivity index (χ2v) is 11.9. The van der Waals surface area contributed by atoms with Gasteiger partial charge in [-0.05, 0) is 91.9 Å². The lowest BCUT2D eigenvalue weighted by Crippen LogP contribution is -2.31. The predicted molar refractivity (Wildman–Crippen MR) is 159 cm³/mol. The van der Waals surface area contributed by atoms with Crippen LogP contribution in [0.15, 0.2) is 78.9 Å². The van der Waals surface area contributed by atoms with E-state index in [1.807, 2.05) is 0 Å². The van der Waals surface area contributed by atoms with Crippen LogP contribution in [0, 0.1) is 25.2 Å². The van der Waals surface area contributed by atoms with Crippen LogP contribution < -0.4 is 4.74 Å². The zero-order chi connectivity index (χ0) is 25.9. The van der Waals surface area contributed by atoms with Crippen LogP contribution in [0.5, 0.6) is 5.75 Å². The van der Waals surface area contributed by atoms with Crippen LogP contribution in [-0.2, 0) is 6.42 Å². The number of ether oxygens (including phenoxy) is 1. The highest BCUT2D eigenvalue weighted by atomic mass is 16.5. The first kappa shape index (κ1) is 27.5. The summed E-state index contributed by atoms with van der Waals surface area (Å²) in [5, 5.41) is 0. The molecule has 0 amide bonds. The molecule has 1 aliphatic rings. The molecule has 0 radical (unpaired) electrons. The van der Waals surface area contributed by atoms with Crippen LogP contribution in [0.4, 0.5) is 0 Å². The summed E-state index contributed by atoms with van der Waals surface area (Å²) in [6, 6.07) is 28.8. The van der Waals surface area contributed by atoms with E-state index >= 15 is 0 Å².